The number of nitrogens with two attached hydrogens (primary N) is 1. The molecule has 0 saturated carbocycles. The Kier molecular flexibility index (Phi) is 2.44. The summed E-state index contributed by atoms with van der Waals surface area (Å²) in [5, 5.41) is 13.1. The highest BCUT2D eigenvalue weighted by molar-refractivity contribution is 7.16. The molecule has 0 amide bonds. The lowest BCUT2D eigenvalue weighted by atomic mass is 10.4. The summed E-state index contributed by atoms with van der Waals surface area (Å²) in [7, 11) is 1.61. The van der Waals surface area contributed by atoms with Crippen molar-refractivity contribution in [1.29, 1.82) is 0 Å². The predicted molar refractivity (Wildman–Crippen MR) is 52.0 cm³/mol. The molecule has 0 aliphatic heterocycles. The van der Waals surface area contributed by atoms with Gasteiger partial charge in [-0.05, 0) is 6.92 Å². The van der Waals surface area contributed by atoms with Crippen LogP contribution in [0.5, 0.6) is 0 Å². The first-order chi connectivity index (χ1) is 6.72. The topological polar surface area (TPSA) is 78.3 Å². The SMILES string of the molecule is COCc1nnc2sc(C(C)N)nn12. The normalized spacial score (nSPS) is 13.6. The highest BCUT2D eigenvalue weighted by Crippen LogP contribution is 2.18. The second kappa shape index (κ2) is 3.60. The van der Waals surface area contributed by atoms with Crippen LogP contribution in [-0.4, -0.2) is 26.9 Å². The largest absolute Gasteiger partial charge is 0.377 e. The van der Waals surface area contributed by atoms with Gasteiger partial charge in [-0.1, -0.05) is 11.3 Å². The molecule has 2 rings (SSSR count). The fourth-order valence-electron chi connectivity index (χ4n) is 1.08. The molecule has 0 fully saturated rings. The molecule has 0 aliphatic rings. The van der Waals surface area contributed by atoms with E-state index in [1.54, 1.807) is 11.6 Å². The summed E-state index contributed by atoms with van der Waals surface area (Å²) in [6.45, 7) is 2.30. The van der Waals surface area contributed by atoms with E-state index in [1.807, 2.05) is 6.92 Å². The van der Waals surface area contributed by atoms with Gasteiger partial charge < -0.3 is 10.5 Å². The van der Waals surface area contributed by atoms with Crippen LogP contribution in [0.15, 0.2) is 0 Å². The third-order valence-corrected chi connectivity index (χ3v) is 2.83. The van der Waals surface area contributed by atoms with Gasteiger partial charge in [0.15, 0.2) is 5.82 Å². The summed E-state index contributed by atoms with van der Waals surface area (Å²) in [6.07, 6.45) is 0. The summed E-state index contributed by atoms with van der Waals surface area (Å²) < 4.78 is 6.65. The zero-order valence-electron chi connectivity index (χ0n) is 7.97. The Morgan fingerprint density at radius 2 is 2.36 bits per heavy atom. The van der Waals surface area contributed by atoms with Crippen LogP contribution in [0.3, 0.4) is 0 Å². The Morgan fingerprint density at radius 1 is 1.57 bits per heavy atom. The van der Waals surface area contributed by atoms with Gasteiger partial charge >= 0.3 is 0 Å². The van der Waals surface area contributed by atoms with Crippen molar-refractivity contribution in [3.63, 3.8) is 0 Å². The van der Waals surface area contributed by atoms with Crippen LogP contribution >= 0.6 is 11.3 Å². The van der Waals surface area contributed by atoms with E-state index >= 15 is 0 Å². The van der Waals surface area contributed by atoms with Gasteiger partial charge in [-0.15, -0.1) is 10.2 Å². The van der Waals surface area contributed by atoms with Crippen molar-refractivity contribution in [2.45, 2.75) is 19.6 Å². The molecular formula is C7H11N5OS. The van der Waals surface area contributed by atoms with Gasteiger partial charge in [-0.2, -0.15) is 9.61 Å². The van der Waals surface area contributed by atoms with Crippen LogP contribution < -0.4 is 5.73 Å². The fourth-order valence-corrected chi connectivity index (χ4v) is 1.89. The predicted octanol–water partition coefficient (Wildman–Crippen LogP) is 0.352. The first-order valence-electron chi connectivity index (χ1n) is 4.18. The van der Waals surface area contributed by atoms with Crippen LogP contribution in [0.25, 0.3) is 4.96 Å². The summed E-state index contributed by atoms with van der Waals surface area (Å²) in [5.41, 5.74) is 5.72. The number of hydrogen-bond acceptors (Lipinski definition) is 6. The third-order valence-electron chi connectivity index (χ3n) is 1.73. The smallest absolute Gasteiger partial charge is 0.234 e. The average Bonchev–Trinajstić information content (AvgIpc) is 2.67. The summed E-state index contributed by atoms with van der Waals surface area (Å²) >= 11 is 1.45. The molecule has 0 spiro atoms. The van der Waals surface area contributed by atoms with Gasteiger partial charge in [-0.25, -0.2) is 0 Å². The number of aromatic nitrogens is 4. The van der Waals surface area contributed by atoms with Crippen molar-refractivity contribution in [3.05, 3.63) is 10.8 Å². The average molecular weight is 213 g/mol. The van der Waals surface area contributed by atoms with Crippen LogP contribution in [0, 0.1) is 0 Å². The summed E-state index contributed by atoms with van der Waals surface area (Å²) in [4.78, 5) is 0.754. The Labute approximate surface area is 84.7 Å². The first-order valence-corrected chi connectivity index (χ1v) is 4.99. The van der Waals surface area contributed by atoms with E-state index in [4.69, 9.17) is 10.5 Å². The van der Waals surface area contributed by atoms with Crippen molar-refractivity contribution >= 4 is 16.3 Å². The first kappa shape index (κ1) is 9.50. The zero-order chi connectivity index (χ0) is 10.1. The standard InChI is InChI=1S/C7H11N5OS/c1-4(8)6-11-12-5(3-13-2)9-10-7(12)14-6/h4H,3,8H2,1-2H3. The minimum Gasteiger partial charge on any atom is -0.377 e. The van der Waals surface area contributed by atoms with E-state index in [0.717, 1.165) is 9.97 Å². The molecule has 1 unspecified atom stereocenters. The molecule has 7 heteroatoms. The molecule has 76 valence electrons. The number of nitrogens with zero attached hydrogens (tertiary/aromatic N) is 4. The quantitative estimate of drug-likeness (QED) is 0.796. The Morgan fingerprint density at radius 3 is 3.00 bits per heavy atom. The van der Waals surface area contributed by atoms with Crippen LogP contribution in [0.1, 0.15) is 23.8 Å². The van der Waals surface area contributed by atoms with E-state index in [-0.39, 0.29) is 6.04 Å². The third kappa shape index (κ3) is 1.49. The molecule has 0 bridgehead atoms. The van der Waals surface area contributed by atoms with E-state index in [0.29, 0.717) is 12.4 Å². The van der Waals surface area contributed by atoms with Crippen molar-refractivity contribution in [1.82, 2.24) is 19.8 Å². The monoisotopic (exact) mass is 213 g/mol. The van der Waals surface area contributed by atoms with E-state index in [2.05, 4.69) is 15.3 Å². The molecular weight excluding hydrogens is 202 g/mol. The molecule has 0 saturated heterocycles. The van der Waals surface area contributed by atoms with Crippen molar-refractivity contribution in [2.75, 3.05) is 7.11 Å². The van der Waals surface area contributed by atoms with Gasteiger partial charge in [0.1, 0.15) is 11.6 Å². The van der Waals surface area contributed by atoms with E-state index < -0.39 is 0 Å². The molecule has 0 aromatic carbocycles. The molecule has 2 heterocycles. The lowest BCUT2D eigenvalue weighted by Gasteiger charge is -1.96. The van der Waals surface area contributed by atoms with Gasteiger partial charge in [-0.3, -0.25) is 0 Å². The van der Waals surface area contributed by atoms with E-state index in [1.165, 1.54) is 11.3 Å². The van der Waals surface area contributed by atoms with Crippen LogP contribution in [0.4, 0.5) is 0 Å². The van der Waals surface area contributed by atoms with Crippen molar-refractivity contribution in [3.8, 4) is 0 Å². The van der Waals surface area contributed by atoms with Gasteiger partial charge in [0, 0.05) is 7.11 Å². The maximum atomic E-state index is 5.72. The molecule has 1 atom stereocenters. The number of methoxy groups -OCH3 is 1. The molecule has 0 aliphatic carbocycles. The van der Waals surface area contributed by atoms with Crippen molar-refractivity contribution in [2.24, 2.45) is 5.73 Å². The maximum Gasteiger partial charge on any atom is 0.234 e. The lowest BCUT2D eigenvalue weighted by Crippen LogP contribution is -2.06. The van der Waals surface area contributed by atoms with Crippen LogP contribution in [-0.2, 0) is 11.3 Å². The minimum absolute atomic E-state index is 0.0721. The fraction of sp³-hybridized carbons (Fsp3) is 0.571. The molecule has 2 aromatic heterocycles. The van der Waals surface area contributed by atoms with Gasteiger partial charge in [0.25, 0.3) is 0 Å². The Balaban J connectivity index is 2.45. The lowest BCUT2D eigenvalue weighted by molar-refractivity contribution is 0.176. The number of fused-ring (bicyclic) bond motifs is 1. The Bertz CT molecular complexity index is 434. The molecule has 6 nitrogen and oxygen atoms in total. The minimum atomic E-state index is -0.0721. The highest BCUT2D eigenvalue weighted by atomic mass is 32.1. The number of ether oxygens (including phenoxy) is 1. The maximum absolute atomic E-state index is 5.72. The second-order valence-electron chi connectivity index (χ2n) is 2.97. The Hall–Kier alpha value is -1.05. The molecule has 0 radical (unpaired) electrons. The van der Waals surface area contributed by atoms with Gasteiger partial charge in [0.2, 0.25) is 4.96 Å². The van der Waals surface area contributed by atoms with E-state index in [9.17, 15) is 0 Å². The molecule has 2 aromatic rings. The van der Waals surface area contributed by atoms with Crippen LogP contribution in [0.2, 0.25) is 0 Å². The summed E-state index contributed by atoms with van der Waals surface area (Å²) in [6, 6.07) is -0.0721. The molecule has 14 heavy (non-hydrogen) atoms. The zero-order valence-corrected chi connectivity index (χ0v) is 8.78. The number of hydrogen-bond donors (Lipinski definition) is 1. The van der Waals surface area contributed by atoms with Crippen molar-refractivity contribution < 1.29 is 4.74 Å². The molecule has 2 N–H and O–H groups in total. The number of rotatable bonds is 3. The summed E-state index contributed by atoms with van der Waals surface area (Å²) in [5.74, 6) is 0.700. The van der Waals surface area contributed by atoms with Gasteiger partial charge in [0.05, 0.1) is 6.04 Å². The second-order valence-corrected chi connectivity index (χ2v) is 3.96. The highest BCUT2D eigenvalue weighted by Gasteiger charge is 2.13.